The lowest BCUT2D eigenvalue weighted by molar-refractivity contribution is 0.0697. The summed E-state index contributed by atoms with van der Waals surface area (Å²) >= 11 is 0. The van der Waals surface area contributed by atoms with Crippen LogP contribution in [-0.4, -0.2) is 16.1 Å². The van der Waals surface area contributed by atoms with E-state index in [0.717, 1.165) is 0 Å². The zero-order chi connectivity index (χ0) is 14.8. The second-order valence-electron chi connectivity index (χ2n) is 4.43. The topological polar surface area (TPSA) is 63.3 Å². The molecular weight excluding hydrogens is 273 g/mol. The van der Waals surface area contributed by atoms with Crippen LogP contribution in [0.3, 0.4) is 0 Å². The van der Waals surface area contributed by atoms with Gasteiger partial charge in [-0.1, -0.05) is 18.2 Å². The summed E-state index contributed by atoms with van der Waals surface area (Å²) < 4.78 is 18.8. The van der Waals surface area contributed by atoms with Gasteiger partial charge < -0.3 is 9.52 Å². The Morgan fingerprint density at radius 1 is 1.10 bits per heavy atom. The Morgan fingerprint density at radius 2 is 1.86 bits per heavy atom. The van der Waals surface area contributed by atoms with E-state index in [1.165, 1.54) is 30.5 Å². The van der Waals surface area contributed by atoms with E-state index in [1.807, 2.05) is 0 Å². The molecule has 0 amide bonds. The van der Waals surface area contributed by atoms with E-state index in [4.69, 9.17) is 9.52 Å². The van der Waals surface area contributed by atoms with Crippen LogP contribution in [0.25, 0.3) is 22.8 Å². The predicted molar refractivity (Wildman–Crippen MR) is 74.3 cm³/mol. The number of benzene rings is 2. The van der Waals surface area contributed by atoms with Crippen LogP contribution >= 0.6 is 0 Å². The SMILES string of the molecule is O=C(O)c1cccc(-c2ncc(-c3cccc(F)c3)o2)c1. The number of carbonyl (C=O) groups is 1. The summed E-state index contributed by atoms with van der Waals surface area (Å²) in [6.07, 6.45) is 1.48. The number of carboxylic acid groups (broad SMARTS) is 1. The summed E-state index contributed by atoms with van der Waals surface area (Å²) in [5.74, 6) is -0.672. The van der Waals surface area contributed by atoms with E-state index in [1.54, 1.807) is 24.3 Å². The van der Waals surface area contributed by atoms with Gasteiger partial charge in [0.1, 0.15) is 5.82 Å². The maximum atomic E-state index is 13.2. The molecule has 0 aliphatic carbocycles. The molecule has 0 bridgehead atoms. The van der Waals surface area contributed by atoms with Crippen LogP contribution in [0.4, 0.5) is 4.39 Å². The van der Waals surface area contributed by atoms with Crippen LogP contribution < -0.4 is 0 Å². The molecule has 3 rings (SSSR count). The third kappa shape index (κ3) is 2.67. The van der Waals surface area contributed by atoms with Gasteiger partial charge in [-0.25, -0.2) is 14.2 Å². The smallest absolute Gasteiger partial charge is 0.335 e. The highest BCUT2D eigenvalue weighted by molar-refractivity contribution is 5.89. The van der Waals surface area contributed by atoms with Crippen molar-refractivity contribution in [2.24, 2.45) is 0 Å². The van der Waals surface area contributed by atoms with Gasteiger partial charge in [0.25, 0.3) is 0 Å². The largest absolute Gasteiger partial charge is 0.478 e. The van der Waals surface area contributed by atoms with Crippen LogP contribution in [0, 0.1) is 5.82 Å². The van der Waals surface area contributed by atoms with Gasteiger partial charge in [0, 0.05) is 11.1 Å². The molecule has 5 heteroatoms. The molecule has 104 valence electrons. The lowest BCUT2D eigenvalue weighted by Gasteiger charge is -1.99. The summed E-state index contributed by atoms with van der Waals surface area (Å²) in [5, 5.41) is 8.98. The van der Waals surface area contributed by atoms with Crippen molar-refractivity contribution in [3.63, 3.8) is 0 Å². The second kappa shape index (κ2) is 5.20. The Balaban J connectivity index is 1.98. The van der Waals surface area contributed by atoms with Gasteiger partial charge >= 0.3 is 5.97 Å². The molecule has 0 spiro atoms. The van der Waals surface area contributed by atoms with Gasteiger partial charge in [0.15, 0.2) is 5.76 Å². The fourth-order valence-corrected chi connectivity index (χ4v) is 1.97. The van der Waals surface area contributed by atoms with Gasteiger partial charge in [-0.15, -0.1) is 0 Å². The van der Waals surface area contributed by atoms with Gasteiger partial charge in [-0.05, 0) is 30.3 Å². The van der Waals surface area contributed by atoms with E-state index >= 15 is 0 Å². The zero-order valence-electron chi connectivity index (χ0n) is 10.8. The fourth-order valence-electron chi connectivity index (χ4n) is 1.97. The van der Waals surface area contributed by atoms with Gasteiger partial charge in [-0.3, -0.25) is 0 Å². The molecule has 0 fully saturated rings. The minimum absolute atomic E-state index is 0.151. The van der Waals surface area contributed by atoms with E-state index in [2.05, 4.69) is 4.98 Å². The van der Waals surface area contributed by atoms with Gasteiger partial charge in [0.05, 0.1) is 11.8 Å². The first-order valence-corrected chi connectivity index (χ1v) is 6.19. The quantitative estimate of drug-likeness (QED) is 0.793. The number of aromatic carboxylic acids is 1. The third-order valence-corrected chi connectivity index (χ3v) is 2.97. The molecule has 0 aliphatic heterocycles. The predicted octanol–water partition coefficient (Wildman–Crippen LogP) is 3.85. The molecule has 0 saturated carbocycles. The Hall–Kier alpha value is -2.95. The summed E-state index contributed by atoms with van der Waals surface area (Å²) in [6, 6.07) is 12.3. The molecule has 4 nitrogen and oxygen atoms in total. The monoisotopic (exact) mass is 283 g/mol. The molecular formula is C16H10FNO3. The molecule has 0 unspecified atom stereocenters. The molecule has 1 aromatic heterocycles. The van der Waals surface area contributed by atoms with Crippen LogP contribution in [0.1, 0.15) is 10.4 Å². The molecule has 0 saturated heterocycles. The number of hydrogen-bond donors (Lipinski definition) is 1. The van der Waals surface area contributed by atoms with Gasteiger partial charge in [-0.2, -0.15) is 0 Å². The van der Waals surface area contributed by atoms with Crippen LogP contribution in [-0.2, 0) is 0 Å². The number of rotatable bonds is 3. The number of nitrogens with zero attached hydrogens (tertiary/aromatic N) is 1. The van der Waals surface area contributed by atoms with Gasteiger partial charge in [0.2, 0.25) is 5.89 Å². The number of oxazole rings is 1. The average Bonchev–Trinajstić information content (AvgIpc) is 2.97. The fraction of sp³-hybridized carbons (Fsp3) is 0. The maximum Gasteiger partial charge on any atom is 0.335 e. The Bertz CT molecular complexity index is 811. The van der Waals surface area contributed by atoms with Crippen LogP contribution in [0.15, 0.2) is 59.1 Å². The Morgan fingerprint density at radius 3 is 2.62 bits per heavy atom. The standard InChI is InChI=1S/C16H10FNO3/c17-13-6-2-3-10(8-13)14-9-18-15(21-14)11-4-1-5-12(7-11)16(19)20/h1-9H,(H,19,20). The molecule has 0 atom stereocenters. The highest BCUT2D eigenvalue weighted by Gasteiger charge is 2.11. The minimum atomic E-state index is -1.02. The lowest BCUT2D eigenvalue weighted by Crippen LogP contribution is -1.95. The number of aromatic nitrogens is 1. The van der Waals surface area contributed by atoms with Crippen LogP contribution in [0.5, 0.6) is 0 Å². The molecule has 0 radical (unpaired) electrons. The number of carboxylic acids is 1. The molecule has 3 aromatic rings. The first kappa shape index (κ1) is 13.1. The Kier molecular flexibility index (Phi) is 3.23. The highest BCUT2D eigenvalue weighted by Crippen LogP contribution is 2.26. The molecule has 1 N–H and O–H groups in total. The van der Waals surface area contributed by atoms with Crippen molar-refractivity contribution in [2.45, 2.75) is 0 Å². The number of halogens is 1. The van der Waals surface area contributed by atoms with Crippen molar-refractivity contribution in [2.75, 3.05) is 0 Å². The summed E-state index contributed by atoms with van der Waals surface area (Å²) in [5.41, 5.74) is 1.28. The summed E-state index contributed by atoms with van der Waals surface area (Å²) in [7, 11) is 0. The summed E-state index contributed by atoms with van der Waals surface area (Å²) in [4.78, 5) is 15.1. The highest BCUT2D eigenvalue weighted by atomic mass is 19.1. The molecule has 21 heavy (non-hydrogen) atoms. The maximum absolute atomic E-state index is 13.2. The van der Waals surface area contributed by atoms with Crippen LogP contribution in [0.2, 0.25) is 0 Å². The molecule has 2 aromatic carbocycles. The third-order valence-electron chi connectivity index (χ3n) is 2.97. The van der Waals surface area contributed by atoms with E-state index in [-0.39, 0.29) is 17.3 Å². The summed E-state index contributed by atoms with van der Waals surface area (Å²) in [6.45, 7) is 0. The van der Waals surface area contributed by atoms with E-state index in [0.29, 0.717) is 16.9 Å². The van der Waals surface area contributed by atoms with Crippen molar-refractivity contribution < 1.29 is 18.7 Å². The molecule has 0 aliphatic rings. The normalized spacial score (nSPS) is 10.5. The Labute approximate surface area is 119 Å². The van der Waals surface area contributed by atoms with E-state index in [9.17, 15) is 9.18 Å². The zero-order valence-corrected chi connectivity index (χ0v) is 10.8. The van der Waals surface area contributed by atoms with Crippen molar-refractivity contribution >= 4 is 5.97 Å². The minimum Gasteiger partial charge on any atom is -0.478 e. The van der Waals surface area contributed by atoms with Crippen molar-refractivity contribution in [1.29, 1.82) is 0 Å². The first-order valence-electron chi connectivity index (χ1n) is 6.19. The van der Waals surface area contributed by atoms with E-state index < -0.39 is 5.97 Å². The van der Waals surface area contributed by atoms with Crippen molar-refractivity contribution in [1.82, 2.24) is 4.98 Å². The number of hydrogen-bond acceptors (Lipinski definition) is 3. The van der Waals surface area contributed by atoms with Crippen molar-refractivity contribution in [3.8, 4) is 22.8 Å². The average molecular weight is 283 g/mol. The lowest BCUT2D eigenvalue weighted by atomic mass is 10.1. The first-order chi connectivity index (χ1) is 10.1. The second-order valence-corrected chi connectivity index (χ2v) is 4.43. The van der Waals surface area contributed by atoms with Crippen molar-refractivity contribution in [3.05, 3.63) is 66.1 Å². The molecule has 1 heterocycles.